The van der Waals surface area contributed by atoms with Gasteiger partial charge >= 0.3 is 0 Å². The van der Waals surface area contributed by atoms with Crippen molar-refractivity contribution < 1.29 is 4.79 Å². The fourth-order valence-corrected chi connectivity index (χ4v) is 1.92. The molecule has 0 spiro atoms. The first kappa shape index (κ1) is 12.5. The lowest BCUT2D eigenvalue weighted by molar-refractivity contribution is 0.0982. The van der Waals surface area contributed by atoms with Crippen molar-refractivity contribution in [3.63, 3.8) is 0 Å². The summed E-state index contributed by atoms with van der Waals surface area (Å²) in [5.41, 5.74) is 4.12. The first-order valence-corrected chi connectivity index (χ1v) is 6.17. The number of carbonyl (C=O) groups is 1. The standard InChI is InChI=1S/C16H17NO/c1-12-5-3-4-6-14(12)9-10-16(18)15-8-7-13(2)17-11-15/h3-8,11H,9-10H2,1-2H3. The molecule has 0 bridgehead atoms. The normalized spacial score (nSPS) is 10.3. The van der Waals surface area contributed by atoms with Gasteiger partial charge in [-0.15, -0.1) is 0 Å². The summed E-state index contributed by atoms with van der Waals surface area (Å²) < 4.78 is 0. The molecule has 0 aliphatic rings. The third kappa shape index (κ3) is 3.04. The Hall–Kier alpha value is -1.96. The van der Waals surface area contributed by atoms with Gasteiger partial charge in [-0.05, 0) is 43.5 Å². The highest BCUT2D eigenvalue weighted by Gasteiger charge is 2.07. The Bertz CT molecular complexity index is 543. The average molecular weight is 239 g/mol. The minimum atomic E-state index is 0.158. The highest BCUT2D eigenvalue weighted by atomic mass is 16.1. The van der Waals surface area contributed by atoms with E-state index < -0.39 is 0 Å². The number of hydrogen-bond donors (Lipinski definition) is 0. The molecule has 0 saturated carbocycles. The van der Waals surface area contributed by atoms with E-state index in [4.69, 9.17) is 0 Å². The van der Waals surface area contributed by atoms with Crippen LogP contribution in [0.3, 0.4) is 0 Å². The minimum absolute atomic E-state index is 0.158. The molecule has 2 rings (SSSR count). The molecule has 1 aromatic carbocycles. The predicted molar refractivity (Wildman–Crippen MR) is 72.8 cm³/mol. The second-order valence-corrected chi connectivity index (χ2v) is 4.54. The van der Waals surface area contributed by atoms with Crippen LogP contribution >= 0.6 is 0 Å². The van der Waals surface area contributed by atoms with Crippen LogP contribution in [-0.2, 0) is 6.42 Å². The highest BCUT2D eigenvalue weighted by Crippen LogP contribution is 2.12. The molecular weight excluding hydrogens is 222 g/mol. The number of carbonyl (C=O) groups excluding carboxylic acids is 1. The van der Waals surface area contributed by atoms with Gasteiger partial charge in [0.25, 0.3) is 0 Å². The molecule has 18 heavy (non-hydrogen) atoms. The van der Waals surface area contributed by atoms with Crippen LogP contribution < -0.4 is 0 Å². The smallest absolute Gasteiger partial charge is 0.164 e. The SMILES string of the molecule is Cc1ccc(C(=O)CCc2ccccc2C)cn1. The molecule has 0 saturated heterocycles. The maximum atomic E-state index is 12.0. The van der Waals surface area contributed by atoms with Crippen LogP contribution in [0.5, 0.6) is 0 Å². The summed E-state index contributed by atoms with van der Waals surface area (Å²) in [5.74, 6) is 0.158. The van der Waals surface area contributed by atoms with Crippen molar-refractivity contribution >= 4 is 5.78 Å². The summed E-state index contributed by atoms with van der Waals surface area (Å²) in [6.45, 7) is 3.99. The van der Waals surface area contributed by atoms with Gasteiger partial charge < -0.3 is 0 Å². The Morgan fingerprint density at radius 1 is 1.11 bits per heavy atom. The zero-order chi connectivity index (χ0) is 13.0. The Balaban J connectivity index is 2.01. The van der Waals surface area contributed by atoms with E-state index in [-0.39, 0.29) is 5.78 Å². The molecule has 0 amide bonds. The van der Waals surface area contributed by atoms with Crippen molar-refractivity contribution in [3.05, 3.63) is 65.0 Å². The molecule has 0 atom stereocenters. The number of aromatic nitrogens is 1. The zero-order valence-electron chi connectivity index (χ0n) is 10.8. The lowest BCUT2D eigenvalue weighted by Crippen LogP contribution is -2.02. The first-order chi connectivity index (χ1) is 8.66. The lowest BCUT2D eigenvalue weighted by Gasteiger charge is -2.05. The number of ketones is 1. The molecule has 0 aliphatic carbocycles. The van der Waals surface area contributed by atoms with Crippen LogP contribution in [0.2, 0.25) is 0 Å². The summed E-state index contributed by atoms with van der Waals surface area (Å²) in [6, 6.07) is 11.9. The van der Waals surface area contributed by atoms with Gasteiger partial charge in [-0.25, -0.2) is 0 Å². The van der Waals surface area contributed by atoms with E-state index in [1.165, 1.54) is 11.1 Å². The molecule has 0 fully saturated rings. The predicted octanol–water partition coefficient (Wildman–Crippen LogP) is 3.51. The summed E-state index contributed by atoms with van der Waals surface area (Å²) in [4.78, 5) is 16.2. The number of aryl methyl sites for hydroxylation is 3. The summed E-state index contributed by atoms with van der Waals surface area (Å²) in [7, 11) is 0. The van der Waals surface area contributed by atoms with E-state index in [1.807, 2.05) is 31.2 Å². The van der Waals surface area contributed by atoms with Crippen molar-refractivity contribution in [2.75, 3.05) is 0 Å². The molecule has 0 aliphatic heterocycles. The van der Waals surface area contributed by atoms with Crippen LogP contribution in [0.1, 0.15) is 33.6 Å². The van der Waals surface area contributed by atoms with Crippen LogP contribution in [0, 0.1) is 13.8 Å². The Morgan fingerprint density at radius 3 is 2.56 bits per heavy atom. The summed E-state index contributed by atoms with van der Waals surface area (Å²) in [5, 5.41) is 0. The molecule has 0 radical (unpaired) electrons. The van der Waals surface area contributed by atoms with Crippen molar-refractivity contribution in [2.24, 2.45) is 0 Å². The van der Waals surface area contributed by atoms with E-state index in [0.717, 1.165) is 12.1 Å². The van der Waals surface area contributed by atoms with Crippen molar-refractivity contribution in [1.29, 1.82) is 0 Å². The number of pyridine rings is 1. The summed E-state index contributed by atoms with van der Waals surface area (Å²) in [6.07, 6.45) is 2.99. The van der Waals surface area contributed by atoms with Crippen LogP contribution in [0.15, 0.2) is 42.6 Å². The van der Waals surface area contributed by atoms with Gasteiger partial charge in [-0.1, -0.05) is 24.3 Å². The highest BCUT2D eigenvalue weighted by molar-refractivity contribution is 5.95. The second-order valence-electron chi connectivity index (χ2n) is 4.54. The third-order valence-corrected chi connectivity index (χ3v) is 3.12. The number of hydrogen-bond acceptors (Lipinski definition) is 2. The minimum Gasteiger partial charge on any atom is -0.294 e. The maximum absolute atomic E-state index is 12.0. The zero-order valence-corrected chi connectivity index (χ0v) is 10.8. The van der Waals surface area contributed by atoms with Gasteiger partial charge in [0.15, 0.2) is 5.78 Å². The van der Waals surface area contributed by atoms with E-state index in [9.17, 15) is 4.79 Å². The molecule has 2 heteroatoms. The van der Waals surface area contributed by atoms with E-state index in [1.54, 1.807) is 6.20 Å². The number of nitrogens with zero attached hydrogens (tertiary/aromatic N) is 1. The van der Waals surface area contributed by atoms with Gasteiger partial charge in [0.1, 0.15) is 0 Å². The van der Waals surface area contributed by atoms with Crippen LogP contribution in [0.25, 0.3) is 0 Å². The monoisotopic (exact) mass is 239 g/mol. The number of Topliss-reactive ketones (excluding diaryl/α,β-unsaturated/α-hetero) is 1. The van der Waals surface area contributed by atoms with Gasteiger partial charge in [0, 0.05) is 23.9 Å². The van der Waals surface area contributed by atoms with Gasteiger partial charge in [0.05, 0.1) is 0 Å². The second kappa shape index (κ2) is 5.58. The molecule has 2 nitrogen and oxygen atoms in total. The van der Waals surface area contributed by atoms with E-state index in [2.05, 4.69) is 24.0 Å². The molecule has 0 unspecified atom stereocenters. The maximum Gasteiger partial charge on any atom is 0.164 e. The molecule has 1 heterocycles. The van der Waals surface area contributed by atoms with Crippen molar-refractivity contribution in [3.8, 4) is 0 Å². The number of rotatable bonds is 4. The topological polar surface area (TPSA) is 30.0 Å². The molecular formula is C16H17NO. The Labute approximate surface area is 108 Å². The Kier molecular flexibility index (Phi) is 3.88. The molecule has 92 valence electrons. The van der Waals surface area contributed by atoms with Gasteiger partial charge in [-0.2, -0.15) is 0 Å². The van der Waals surface area contributed by atoms with Gasteiger partial charge in [-0.3, -0.25) is 9.78 Å². The first-order valence-electron chi connectivity index (χ1n) is 6.17. The van der Waals surface area contributed by atoms with E-state index >= 15 is 0 Å². The lowest BCUT2D eigenvalue weighted by atomic mass is 10.0. The van der Waals surface area contributed by atoms with Crippen LogP contribution in [-0.4, -0.2) is 10.8 Å². The molecule has 1 aromatic heterocycles. The number of benzene rings is 1. The fourth-order valence-electron chi connectivity index (χ4n) is 1.92. The van der Waals surface area contributed by atoms with E-state index in [0.29, 0.717) is 12.0 Å². The van der Waals surface area contributed by atoms with Crippen molar-refractivity contribution in [2.45, 2.75) is 26.7 Å². The summed E-state index contributed by atoms with van der Waals surface area (Å²) >= 11 is 0. The van der Waals surface area contributed by atoms with Crippen LogP contribution in [0.4, 0.5) is 0 Å². The quantitative estimate of drug-likeness (QED) is 0.764. The largest absolute Gasteiger partial charge is 0.294 e. The fraction of sp³-hybridized carbons (Fsp3) is 0.250. The molecule has 0 N–H and O–H groups in total. The van der Waals surface area contributed by atoms with Gasteiger partial charge in [0.2, 0.25) is 0 Å². The molecule has 2 aromatic rings. The Morgan fingerprint density at radius 2 is 1.89 bits per heavy atom. The van der Waals surface area contributed by atoms with Crippen molar-refractivity contribution in [1.82, 2.24) is 4.98 Å². The average Bonchev–Trinajstić information content (AvgIpc) is 2.38. The third-order valence-electron chi connectivity index (χ3n) is 3.12.